The van der Waals surface area contributed by atoms with Crippen molar-refractivity contribution in [3.63, 3.8) is 0 Å². The van der Waals surface area contributed by atoms with Crippen molar-refractivity contribution in [2.45, 2.75) is 97.5 Å². The summed E-state index contributed by atoms with van der Waals surface area (Å²) in [5, 5.41) is 0. The molecule has 8 atom stereocenters. The third-order valence-corrected chi connectivity index (χ3v) is 10.2. The molecule has 3 saturated carbocycles. The highest BCUT2D eigenvalue weighted by Crippen LogP contribution is 2.67. The highest BCUT2D eigenvalue weighted by Gasteiger charge is 2.60. The number of hydrogen-bond donors (Lipinski definition) is 0. The lowest BCUT2D eigenvalue weighted by atomic mass is 9.47. The van der Waals surface area contributed by atoms with E-state index in [0.717, 1.165) is 58.5 Å². The number of alkyl halides is 2. The molecule has 0 aromatic heterocycles. The van der Waals surface area contributed by atoms with Crippen molar-refractivity contribution in [2.75, 3.05) is 7.11 Å². The van der Waals surface area contributed by atoms with E-state index in [9.17, 15) is 18.4 Å². The monoisotopic (exact) mass is 466 g/mol. The minimum Gasteiger partial charge on any atom is -0.465 e. The average Bonchev–Trinajstić information content (AvgIpc) is 3.10. The summed E-state index contributed by atoms with van der Waals surface area (Å²) in [7, 11) is 1.03. The standard InChI is InChI=1S/C27H40F2O4/c1-16(15-27(28,29)24(31)32-5)21-8-9-22-20-7-6-18-14-19(33-17(2)30)10-12-25(18,3)23(20)11-13-26(21,22)4/h6,16,19-23H,7-15H2,1-5H3/t16-,19+,20+,21-,22+,23+,25+,26-/m1/s1. The maximum Gasteiger partial charge on any atom is 0.376 e. The van der Waals surface area contributed by atoms with Gasteiger partial charge in [-0.1, -0.05) is 32.4 Å². The van der Waals surface area contributed by atoms with Crippen LogP contribution in [-0.4, -0.2) is 31.1 Å². The van der Waals surface area contributed by atoms with Crippen molar-refractivity contribution in [1.29, 1.82) is 0 Å². The Kier molecular flexibility index (Phi) is 6.46. The molecule has 0 N–H and O–H groups in total. The average molecular weight is 467 g/mol. The fourth-order valence-electron chi connectivity index (χ4n) is 8.72. The minimum atomic E-state index is -3.42. The third kappa shape index (κ3) is 4.14. The number of fused-ring (bicyclic) bond motifs is 5. The summed E-state index contributed by atoms with van der Waals surface area (Å²) < 4.78 is 38.6. The van der Waals surface area contributed by atoms with Gasteiger partial charge in [-0.05, 0) is 85.4 Å². The summed E-state index contributed by atoms with van der Waals surface area (Å²) in [6, 6.07) is 0. The van der Waals surface area contributed by atoms with Crippen LogP contribution in [0.5, 0.6) is 0 Å². The zero-order chi connectivity index (χ0) is 24.2. The van der Waals surface area contributed by atoms with E-state index < -0.39 is 18.3 Å². The van der Waals surface area contributed by atoms with Crippen LogP contribution in [0, 0.1) is 40.4 Å². The number of esters is 2. The molecule has 0 saturated heterocycles. The van der Waals surface area contributed by atoms with Crippen LogP contribution in [0.2, 0.25) is 0 Å². The Bertz CT molecular complexity index is 823. The zero-order valence-corrected chi connectivity index (χ0v) is 20.8. The number of methoxy groups -OCH3 is 1. The molecule has 186 valence electrons. The molecule has 0 radical (unpaired) electrons. The molecule has 0 aromatic rings. The minimum absolute atomic E-state index is 0.000389. The van der Waals surface area contributed by atoms with Crippen molar-refractivity contribution >= 4 is 11.9 Å². The van der Waals surface area contributed by atoms with Gasteiger partial charge in [-0.3, -0.25) is 4.79 Å². The number of hydrogen-bond acceptors (Lipinski definition) is 4. The first-order valence-corrected chi connectivity index (χ1v) is 12.8. The van der Waals surface area contributed by atoms with Gasteiger partial charge in [-0.25, -0.2) is 4.79 Å². The summed E-state index contributed by atoms with van der Waals surface area (Å²) in [5.41, 5.74) is 1.66. The molecule has 3 fully saturated rings. The van der Waals surface area contributed by atoms with Gasteiger partial charge in [0.2, 0.25) is 0 Å². The van der Waals surface area contributed by atoms with E-state index in [1.54, 1.807) is 0 Å². The Morgan fingerprint density at radius 3 is 2.55 bits per heavy atom. The molecule has 0 unspecified atom stereocenters. The van der Waals surface area contributed by atoms with Crippen LogP contribution >= 0.6 is 0 Å². The SMILES string of the molecule is COC(=O)C(F)(F)C[C@@H](C)[C@H]1CC[C@H]2[C@@H]3CC=C4C[C@@H](OC(C)=O)CC[C@]4(C)[C@H]3CC[C@]12C. The van der Waals surface area contributed by atoms with Crippen LogP contribution < -0.4 is 0 Å². The van der Waals surface area contributed by atoms with Gasteiger partial charge < -0.3 is 9.47 Å². The van der Waals surface area contributed by atoms with Gasteiger partial charge in [0.15, 0.2) is 0 Å². The Morgan fingerprint density at radius 2 is 1.88 bits per heavy atom. The van der Waals surface area contributed by atoms with Gasteiger partial charge in [0, 0.05) is 19.8 Å². The number of rotatable bonds is 5. The molecule has 4 rings (SSSR count). The quantitative estimate of drug-likeness (QED) is 0.351. The number of ether oxygens (including phenoxy) is 2. The summed E-state index contributed by atoms with van der Waals surface area (Å²) in [6.45, 7) is 8.13. The molecule has 4 aliphatic rings. The predicted octanol–water partition coefficient (Wildman–Crippen LogP) is 6.33. The summed E-state index contributed by atoms with van der Waals surface area (Å²) in [5.74, 6) is -3.32. The fourth-order valence-corrected chi connectivity index (χ4v) is 8.72. The van der Waals surface area contributed by atoms with Crippen molar-refractivity contribution in [2.24, 2.45) is 40.4 Å². The molecular formula is C27H40F2O4. The van der Waals surface area contributed by atoms with Crippen LogP contribution in [0.4, 0.5) is 8.78 Å². The normalized spacial score (nSPS) is 41.2. The maximum atomic E-state index is 14.4. The first-order valence-electron chi connectivity index (χ1n) is 12.8. The molecule has 33 heavy (non-hydrogen) atoms. The lowest BCUT2D eigenvalue weighted by molar-refractivity contribution is -0.172. The molecule has 0 spiro atoms. The highest BCUT2D eigenvalue weighted by molar-refractivity contribution is 5.77. The molecule has 4 aliphatic carbocycles. The van der Waals surface area contributed by atoms with E-state index in [1.807, 2.05) is 6.92 Å². The second-order valence-electron chi connectivity index (χ2n) is 11.8. The molecule has 6 heteroatoms. The second-order valence-corrected chi connectivity index (χ2v) is 11.8. The molecule has 0 aromatic carbocycles. The molecule has 4 nitrogen and oxygen atoms in total. The molecule has 0 heterocycles. The smallest absolute Gasteiger partial charge is 0.376 e. The summed E-state index contributed by atoms with van der Waals surface area (Å²) in [4.78, 5) is 23.0. The number of carbonyl (C=O) groups excluding carboxylic acids is 2. The topological polar surface area (TPSA) is 52.6 Å². The van der Waals surface area contributed by atoms with Crippen molar-refractivity contribution in [3.8, 4) is 0 Å². The van der Waals surface area contributed by atoms with Gasteiger partial charge in [-0.15, -0.1) is 0 Å². The Balaban J connectivity index is 1.51. The van der Waals surface area contributed by atoms with Gasteiger partial charge >= 0.3 is 17.9 Å². The Hall–Kier alpha value is -1.46. The van der Waals surface area contributed by atoms with Crippen LogP contribution in [0.15, 0.2) is 11.6 Å². The first kappa shape index (κ1) is 24.7. The molecular weight excluding hydrogens is 426 g/mol. The lowest BCUT2D eigenvalue weighted by Gasteiger charge is -2.58. The van der Waals surface area contributed by atoms with Crippen LogP contribution in [0.1, 0.15) is 85.5 Å². The Labute approximate surface area is 196 Å². The molecule has 0 aliphatic heterocycles. The lowest BCUT2D eigenvalue weighted by Crippen LogP contribution is -2.51. The summed E-state index contributed by atoms with van der Waals surface area (Å²) in [6.07, 6.45) is 10.1. The van der Waals surface area contributed by atoms with E-state index in [2.05, 4.69) is 24.7 Å². The van der Waals surface area contributed by atoms with E-state index in [4.69, 9.17) is 4.74 Å². The van der Waals surface area contributed by atoms with Crippen molar-refractivity contribution in [1.82, 2.24) is 0 Å². The van der Waals surface area contributed by atoms with Gasteiger partial charge in [0.05, 0.1) is 7.11 Å². The Morgan fingerprint density at radius 1 is 1.15 bits per heavy atom. The second kappa shape index (κ2) is 8.64. The van der Waals surface area contributed by atoms with Crippen LogP contribution in [0.25, 0.3) is 0 Å². The van der Waals surface area contributed by atoms with Crippen molar-refractivity contribution in [3.05, 3.63) is 11.6 Å². The van der Waals surface area contributed by atoms with Gasteiger partial charge in [-0.2, -0.15) is 8.78 Å². The largest absolute Gasteiger partial charge is 0.465 e. The number of carbonyl (C=O) groups is 2. The maximum absolute atomic E-state index is 14.4. The zero-order valence-electron chi connectivity index (χ0n) is 20.8. The fraction of sp³-hybridized carbons (Fsp3) is 0.852. The highest BCUT2D eigenvalue weighted by atomic mass is 19.3. The molecule has 0 amide bonds. The van der Waals surface area contributed by atoms with Crippen LogP contribution in [0.3, 0.4) is 0 Å². The number of allylic oxidation sites excluding steroid dienone is 1. The van der Waals surface area contributed by atoms with E-state index in [1.165, 1.54) is 12.5 Å². The molecule has 0 bridgehead atoms. The van der Waals surface area contributed by atoms with E-state index >= 15 is 0 Å². The van der Waals surface area contributed by atoms with Gasteiger partial charge in [0.25, 0.3) is 0 Å². The van der Waals surface area contributed by atoms with E-state index in [0.29, 0.717) is 17.8 Å². The first-order chi connectivity index (χ1) is 15.4. The summed E-state index contributed by atoms with van der Waals surface area (Å²) >= 11 is 0. The predicted molar refractivity (Wildman–Crippen MR) is 121 cm³/mol. The van der Waals surface area contributed by atoms with Gasteiger partial charge in [0.1, 0.15) is 6.10 Å². The van der Waals surface area contributed by atoms with Crippen molar-refractivity contribution < 1.29 is 27.8 Å². The number of halogens is 2. The van der Waals surface area contributed by atoms with Crippen LogP contribution in [-0.2, 0) is 19.1 Å². The third-order valence-electron chi connectivity index (χ3n) is 10.2. The van der Waals surface area contributed by atoms with E-state index in [-0.39, 0.29) is 34.7 Å².